The number of hydrogen-bond acceptors (Lipinski definition) is 6. The smallest absolute Gasteiger partial charge is 0.305 e. The van der Waals surface area contributed by atoms with Crippen molar-refractivity contribution in [3.63, 3.8) is 0 Å². The molecule has 7 nitrogen and oxygen atoms in total. The number of carboxylic acid groups (broad SMARTS) is 1. The summed E-state index contributed by atoms with van der Waals surface area (Å²) in [7, 11) is 0. The Kier molecular flexibility index (Phi) is 6.11. The Balaban J connectivity index is 1.20. The van der Waals surface area contributed by atoms with Gasteiger partial charge in [0, 0.05) is 23.2 Å². The van der Waals surface area contributed by atoms with Gasteiger partial charge in [-0.25, -0.2) is 4.98 Å². The van der Waals surface area contributed by atoms with Crippen LogP contribution in [-0.4, -0.2) is 37.4 Å². The van der Waals surface area contributed by atoms with Crippen LogP contribution in [0.2, 0.25) is 0 Å². The number of carbonyl (C=O) groups is 1. The molecular formula is C28H26N4O3S. The van der Waals surface area contributed by atoms with Crippen molar-refractivity contribution >= 4 is 38.4 Å². The zero-order chi connectivity index (χ0) is 24.5. The van der Waals surface area contributed by atoms with Gasteiger partial charge < -0.3 is 9.84 Å². The topological polar surface area (TPSA) is 90.1 Å². The zero-order valence-corrected chi connectivity index (χ0v) is 20.6. The lowest BCUT2D eigenvalue weighted by atomic mass is 9.96. The van der Waals surface area contributed by atoms with Crippen molar-refractivity contribution < 1.29 is 14.6 Å². The Morgan fingerprint density at radius 2 is 2.03 bits per heavy atom. The normalized spacial score (nSPS) is 14.1. The van der Waals surface area contributed by atoms with Crippen molar-refractivity contribution in [1.29, 1.82) is 0 Å². The van der Waals surface area contributed by atoms with E-state index in [0.717, 1.165) is 57.4 Å². The van der Waals surface area contributed by atoms with E-state index in [0.29, 0.717) is 6.61 Å². The number of nitrogens with zero attached hydrogens (tertiary/aromatic N) is 4. The maximum atomic E-state index is 11.7. The molecule has 2 aromatic carbocycles. The largest absolute Gasteiger partial charge is 0.493 e. The number of ether oxygens (including phenoxy) is 1. The predicted octanol–water partition coefficient (Wildman–Crippen LogP) is 5.61. The molecule has 0 amide bonds. The number of carboxylic acids is 1. The molecule has 1 aliphatic carbocycles. The van der Waals surface area contributed by atoms with Crippen LogP contribution in [0.3, 0.4) is 0 Å². The van der Waals surface area contributed by atoms with Gasteiger partial charge in [-0.1, -0.05) is 12.1 Å². The summed E-state index contributed by atoms with van der Waals surface area (Å²) in [6.07, 6.45) is 7.16. The second kappa shape index (κ2) is 9.70. The molecule has 0 saturated heterocycles. The van der Waals surface area contributed by atoms with Gasteiger partial charge in [0.25, 0.3) is 0 Å². The molecule has 0 saturated carbocycles. The summed E-state index contributed by atoms with van der Waals surface area (Å²) in [5.74, 6) is -0.107. The number of benzene rings is 2. The number of fused-ring (bicyclic) bond motifs is 3. The molecule has 0 bridgehead atoms. The molecular weight excluding hydrogens is 472 g/mol. The molecule has 182 valence electrons. The zero-order valence-electron chi connectivity index (χ0n) is 19.8. The van der Waals surface area contributed by atoms with Crippen molar-refractivity contribution in [3.05, 3.63) is 82.8 Å². The van der Waals surface area contributed by atoms with Gasteiger partial charge in [0.2, 0.25) is 0 Å². The fourth-order valence-corrected chi connectivity index (χ4v) is 5.72. The molecule has 36 heavy (non-hydrogen) atoms. The average Bonchev–Trinajstić information content (AvgIpc) is 3.53. The molecule has 6 rings (SSSR count). The van der Waals surface area contributed by atoms with Crippen LogP contribution >= 0.6 is 11.3 Å². The summed E-state index contributed by atoms with van der Waals surface area (Å²) in [6.45, 7) is 0.544. The number of pyridine rings is 1. The molecule has 3 aromatic heterocycles. The van der Waals surface area contributed by atoms with Gasteiger partial charge in [-0.3, -0.25) is 14.5 Å². The molecule has 0 fully saturated rings. The second-order valence-corrected chi connectivity index (χ2v) is 10.1. The van der Waals surface area contributed by atoms with Crippen LogP contribution in [0.4, 0.5) is 0 Å². The van der Waals surface area contributed by atoms with E-state index in [1.807, 2.05) is 36.4 Å². The minimum atomic E-state index is -0.871. The van der Waals surface area contributed by atoms with Crippen LogP contribution in [0.5, 0.6) is 5.75 Å². The van der Waals surface area contributed by atoms with E-state index in [4.69, 9.17) is 9.72 Å². The second-order valence-electron chi connectivity index (χ2n) is 9.22. The minimum absolute atomic E-state index is 0.0624. The Labute approximate surface area is 212 Å². The lowest BCUT2D eigenvalue weighted by molar-refractivity contribution is -0.137. The van der Waals surface area contributed by atoms with Crippen molar-refractivity contribution in [1.82, 2.24) is 19.7 Å². The molecule has 0 spiro atoms. The molecule has 1 atom stereocenters. The number of aromatic nitrogens is 4. The molecule has 0 radical (unpaired) electrons. The van der Waals surface area contributed by atoms with Gasteiger partial charge in [-0.2, -0.15) is 5.10 Å². The number of thiazole rings is 1. The summed E-state index contributed by atoms with van der Waals surface area (Å²) in [6, 6.07) is 15.6. The van der Waals surface area contributed by atoms with Gasteiger partial charge in [-0.05, 0) is 73.2 Å². The average molecular weight is 499 g/mol. The quantitative estimate of drug-likeness (QED) is 0.299. The van der Waals surface area contributed by atoms with Crippen LogP contribution in [0.15, 0.2) is 60.2 Å². The summed E-state index contributed by atoms with van der Waals surface area (Å²) in [5, 5.41) is 15.1. The standard InChI is InChI=1S/C28H26N4O3S/c33-28(34)15-26(19-6-9-24-27(14-19)36-17-29-24)32-25-10-8-22(13-20(25)16-30-32)35-12-11-21-7-5-18-3-1-2-4-23(18)31-21/h5-10,13-14,16-17,26H,1-4,11-12,15H2,(H,33,34). The molecule has 0 aliphatic heterocycles. The highest BCUT2D eigenvalue weighted by Crippen LogP contribution is 2.31. The van der Waals surface area contributed by atoms with Gasteiger partial charge in [0.05, 0.1) is 46.5 Å². The van der Waals surface area contributed by atoms with Crippen LogP contribution < -0.4 is 4.74 Å². The van der Waals surface area contributed by atoms with E-state index in [1.54, 1.807) is 27.7 Å². The Hall–Kier alpha value is -3.78. The first kappa shape index (κ1) is 22.7. The summed E-state index contributed by atoms with van der Waals surface area (Å²) in [4.78, 5) is 20.9. The molecule has 1 aliphatic rings. The number of aliphatic carboxylic acids is 1. The van der Waals surface area contributed by atoms with E-state index < -0.39 is 12.0 Å². The van der Waals surface area contributed by atoms with Gasteiger partial charge in [0.15, 0.2) is 0 Å². The van der Waals surface area contributed by atoms with Crippen molar-refractivity contribution in [2.75, 3.05) is 6.61 Å². The van der Waals surface area contributed by atoms with Crippen LogP contribution in [0, 0.1) is 0 Å². The fourth-order valence-electron chi connectivity index (χ4n) is 5.00. The molecule has 5 aromatic rings. The van der Waals surface area contributed by atoms with E-state index in [1.165, 1.54) is 24.1 Å². The molecule has 3 heterocycles. The van der Waals surface area contributed by atoms with Crippen LogP contribution in [0.25, 0.3) is 21.1 Å². The lowest BCUT2D eigenvalue weighted by Gasteiger charge is -2.18. The summed E-state index contributed by atoms with van der Waals surface area (Å²) < 4.78 is 8.87. The Morgan fingerprint density at radius 1 is 1.11 bits per heavy atom. The molecule has 1 unspecified atom stereocenters. The van der Waals surface area contributed by atoms with Crippen molar-refractivity contribution in [2.45, 2.75) is 44.6 Å². The van der Waals surface area contributed by atoms with E-state index in [9.17, 15) is 9.90 Å². The first-order valence-electron chi connectivity index (χ1n) is 12.3. The van der Waals surface area contributed by atoms with E-state index in [-0.39, 0.29) is 6.42 Å². The highest BCUT2D eigenvalue weighted by molar-refractivity contribution is 7.16. The lowest BCUT2D eigenvalue weighted by Crippen LogP contribution is -2.16. The summed E-state index contributed by atoms with van der Waals surface area (Å²) >= 11 is 1.54. The third kappa shape index (κ3) is 4.56. The number of rotatable bonds is 8. The summed E-state index contributed by atoms with van der Waals surface area (Å²) in [5.41, 5.74) is 8.19. The minimum Gasteiger partial charge on any atom is -0.493 e. The third-order valence-electron chi connectivity index (χ3n) is 6.83. The van der Waals surface area contributed by atoms with Crippen LogP contribution in [0.1, 0.15) is 47.8 Å². The van der Waals surface area contributed by atoms with E-state index in [2.05, 4.69) is 22.2 Å². The maximum Gasteiger partial charge on any atom is 0.305 e. The van der Waals surface area contributed by atoms with E-state index >= 15 is 0 Å². The molecule has 8 heteroatoms. The Bertz CT molecular complexity index is 1560. The van der Waals surface area contributed by atoms with Crippen molar-refractivity contribution in [3.8, 4) is 5.75 Å². The maximum absolute atomic E-state index is 11.7. The SMILES string of the molecule is O=C(O)CC(c1ccc2ncsc2c1)n1ncc2cc(OCCc3ccc4c(n3)CCCC4)ccc21. The fraction of sp³-hybridized carbons (Fsp3) is 0.286. The first-order valence-corrected chi connectivity index (χ1v) is 13.1. The molecule has 1 N–H and O–H groups in total. The van der Waals surface area contributed by atoms with Gasteiger partial charge in [0.1, 0.15) is 5.75 Å². The highest BCUT2D eigenvalue weighted by Gasteiger charge is 2.21. The third-order valence-corrected chi connectivity index (χ3v) is 7.62. The predicted molar refractivity (Wildman–Crippen MR) is 140 cm³/mol. The Morgan fingerprint density at radius 3 is 2.94 bits per heavy atom. The first-order chi connectivity index (χ1) is 17.6. The number of aryl methyl sites for hydroxylation is 2. The highest BCUT2D eigenvalue weighted by atomic mass is 32.1. The monoisotopic (exact) mass is 498 g/mol. The van der Waals surface area contributed by atoms with Crippen LogP contribution in [-0.2, 0) is 24.1 Å². The van der Waals surface area contributed by atoms with Crippen molar-refractivity contribution in [2.24, 2.45) is 0 Å². The van der Waals surface area contributed by atoms with Gasteiger partial charge in [-0.15, -0.1) is 11.3 Å². The van der Waals surface area contributed by atoms with Gasteiger partial charge >= 0.3 is 5.97 Å². The number of hydrogen-bond donors (Lipinski definition) is 1.